The predicted octanol–water partition coefficient (Wildman–Crippen LogP) is 2.10. The average molecular weight is 243 g/mol. The summed E-state index contributed by atoms with van der Waals surface area (Å²) in [4.78, 5) is 4.47. The fourth-order valence-electron chi connectivity index (χ4n) is 2.71. The van der Waals surface area contributed by atoms with Crippen molar-refractivity contribution in [2.75, 3.05) is 20.6 Å². The first-order valence-corrected chi connectivity index (χ1v) is 6.44. The molecule has 1 aliphatic heterocycles. The largest absolute Gasteiger partial charge is 0.293 e. The molecule has 0 radical (unpaired) electrons. The first-order chi connectivity index (χ1) is 8.57. The number of rotatable bonds is 3. The molecule has 2 unspecified atom stereocenters. The Morgan fingerprint density at radius 2 is 2.06 bits per heavy atom. The minimum Gasteiger partial charge on any atom is -0.293 e. The molecule has 0 saturated carbocycles. The van der Waals surface area contributed by atoms with Crippen LogP contribution in [-0.4, -0.2) is 42.0 Å². The van der Waals surface area contributed by atoms with Gasteiger partial charge in [0.15, 0.2) is 0 Å². The van der Waals surface area contributed by atoms with Crippen molar-refractivity contribution in [1.29, 1.82) is 5.26 Å². The summed E-state index contributed by atoms with van der Waals surface area (Å²) in [7, 11) is 4.00. The summed E-state index contributed by atoms with van der Waals surface area (Å²) >= 11 is 0. The molecule has 0 bridgehead atoms. The van der Waals surface area contributed by atoms with Gasteiger partial charge in [0, 0.05) is 19.1 Å². The number of benzene rings is 1. The molecule has 1 saturated heterocycles. The molecule has 1 heterocycles. The monoisotopic (exact) mass is 243 g/mol. The Hall–Kier alpha value is -1.37. The Bertz CT molecular complexity index is 435. The first kappa shape index (κ1) is 13.1. The maximum absolute atomic E-state index is 9.47. The van der Waals surface area contributed by atoms with Gasteiger partial charge in [-0.25, -0.2) is 0 Å². The van der Waals surface area contributed by atoms with Crippen molar-refractivity contribution in [3.8, 4) is 6.07 Å². The van der Waals surface area contributed by atoms with E-state index in [2.05, 4.69) is 47.1 Å². The summed E-state index contributed by atoms with van der Waals surface area (Å²) in [5.74, 6) is 0. The third-order valence-electron chi connectivity index (χ3n) is 4.01. The SMILES string of the molecule is CC1CC(C#N)(N(C)C)CN1Cc1ccccc1. The van der Waals surface area contributed by atoms with E-state index in [9.17, 15) is 5.26 Å². The molecule has 2 rings (SSSR count). The lowest BCUT2D eigenvalue weighted by Crippen LogP contribution is -2.45. The number of nitriles is 1. The van der Waals surface area contributed by atoms with Gasteiger partial charge in [-0.2, -0.15) is 5.26 Å². The van der Waals surface area contributed by atoms with E-state index in [1.54, 1.807) is 0 Å². The Labute approximate surface area is 110 Å². The second-order valence-corrected chi connectivity index (χ2v) is 5.48. The molecule has 0 spiro atoms. The summed E-state index contributed by atoms with van der Waals surface area (Å²) in [5, 5.41) is 9.47. The third kappa shape index (κ3) is 2.40. The number of likely N-dealkylation sites (tertiary alicyclic amines) is 1. The Morgan fingerprint density at radius 1 is 1.39 bits per heavy atom. The van der Waals surface area contributed by atoms with Crippen LogP contribution in [0.3, 0.4) is 0 Å². The van der Waals surface area contributed by atoms with Crippen molar-refractivity contribution in [2.24, 2.45) is 0 Å². The second kappa shape index (κ2) is 5.09. The Balaban J connectivity index is 2.11. The zero-order chi connectivity index (χ0) is 13.2. The average Bonchev–Trinajstić information content (AvgIpc) is 2.69. The lowest BCUT2D eigenvalue weighted by molar-refractivity contribution is 0.202. The first-order valence-electron chi connectivity index (χ1n) is 6.44. The van der Waals surface area contributed by atoms with Crippen LogP contribution < -0.4 is 0 Å². The normalized spacial score (nSPS) is 28.5. The molecule has 1 aromatic carbocycles. The van der Waals surface area contributed by atoms with E-state index in [1.807, 2.05) is 20.2 Å². The molecular weight excluding hydrogens is 222 g/mol. The van der Waals surface area contributed by atoms with Crippen molar-refractivity contribution < 1.29 is 0 Å². The van der Waals surface area contributed by atoms with E-state index in [-0.39, 0.29) is 5.54 Å². The van der Waals surface area contributed by atoms with E-state index in [4.69, 9.17) is 0 Å². The van der Waals surface area contributed by atoms with Crippen LogP contribution >= 0.6 is 0 Å². The standard InChI is InChI=1S/C15H21N3/c1-13-9-15(11-16,17(2)3)12-18(13)10-14-7-5-4-6-8-14/h4-8,13H,9-10,12H2,1-3H3. The highest BCUT2D eigenvalue weighted by molar-refractivity contribution is 5.18. The number of nitrogens with zero attached hydrogens (tertiary/aromatic N) is 3. The lowest BCUT2D eigenvalue weighted by atomic mass is 9.97. The van der Waals surface area contributed by atoms with E-state index in [1.165, 1.54) is 5.56 Å². The van der Waals surface area contributed by atoms with Crippen molar-refractivity contribution in [3.05, 3.63) is 35.9 Å². The third-order valence-corrected chi connectivity index (χ3v) is 4.01. The maximum Gasteiger partial charge on any atom is 0.123 e. The molecule has 1 fully saturated rings. The fraction of sp³-hybridized carbons (Fsp3) is 0.533. The molecule has 3 nitrogen and oxygen atoms in total. The summed E-state index contributed by atoms with van der Waals surface area (Å²) in [6.45, 7) is 3.97. The van der Waals surface area contributed by atoms with Crippen molar-refractivity contribution >= 4 is 0 Å². The number of hydrogen-bond acceptors (Lipinski definition) is 3. The molecule has 1 aliphatic rings. The van der Waals surface area contributed by atoms with Crippen molar-refractivity contribution in [1.82, 2.24) is 9.80 Å². The van der Waals surface area contributed by atoms with Gasteiger partial charge in [-0.15, -0.1) is 0 Å². The Morgan fingerprint density at radius 3 is 2.56 bits per heavy atom. The molecule has 0 aromatic heterocycles. The predicted molar refractivity (Wildman–Crippen MR) is 73.0 cm³/mol. The molecule has 0 aliphatic carbocycles. The minimum absolute atomic E-state index is 0.325. The lowest BCUT2D eigenvalue weighted by Gasteiger charge is -2.29. The van der Waals surface area contributed by atoms with Crippen LogP contribution in [0.2, 0.25) is 0 Å². The number of hydrogen-bond donors (Lipinski definition) is 0. The number of likely N-dealkylation sites (N-methyl/N-ethyl adjacent to an activating group) is 1. The van der Waals surface area contributed by atoms with Gasteiger partial charge in [0.1, 0.15) is 5.54 Å². The van der Waals surface area contributed by atoms with E-state index in [0.717, 1.165) is 19.5 Å². The van der Waals surface area contributed by atoms with Crippen LogP contribution in [0.4, 0.5) is 0 Å². The topological polar surface area (TPSA) is 30.3 Å². The van der Waals surface area contributed by atoms with E-state index < -0.39 is 0 Å². The van der Waals surface area contributed by atoms with Crippen LogP contribution in [0.15, 0.2) is 30.3 Å². The second-order valence-electron chi connectivity index (χ2n) is 5.48. The van der Waals surface area contributed by atoms with E-state index >= 15 is 0 Å². The van der Waals surface area contributed by atoms with Crippen LogP contribution in [0.5, 0.6) is 0 Å². The van der Waals surface area contributed by atoms with Crippen LogP contribution in [0.25, 0.3) is 0 Å². The van der Waals surface area contributed by atoms with Gasteiger partial charge >= 0.3 is 0 Å². The minimum atomic E-state index is -0.325. The summed E-state index contributed by atoms with van der Waals surface area (Å²) < 4.78 is 0. The summed E-state index contributed by atoms with van der Waals surface area (Å²) in [6.07, 6.45) is 0.920. The maximum atomic E-state index is 9.47. The van der Waals surface area contributed by atoms with Crippen LogP contribution in [0, 0.1) is 11.3 Å². The highest BCUT2D eigenvalue weighted by atomic mass is 15.3. The van der Waals surface area contributed by atoms with Crippen molar-refractivity contribution in [2.45, 2.75) is 31.5 Å². The summed E-state index contributed by atoms with van der Waals surface area (Å²) in [5.41, 5.74) is 0.991. The zero-order valence-corrected chi connectivity index (χ0v) is 11.4. The highest BCUT2D eigenvalue weighted by Crippen LogP contribution is 2.31. The quantitative estimate of drug-likeness (QED) is 0.814. The molecule has 0 N–H and O–H groups in total. The molecule has 96 valence electrons. The van der Waals surface area contributed by atoms with Gasteiger partial charge in [0.05, 0.1) is 6.07 Å². The molecule has 18 heavy (non-hydrogen) atoms. The molecule has 3 heteroatoms. The van der Waals surface area contributed by atoms with Crippen molar-refractivity contribution in [3.63, 3.8) is 0 Å². The van der Waals surface area contributed by atoms with Gasteiger partial charge in [-0.1, -0.05) is 30.3 Å². The van der Waals surface area contributed by atoms with Gasteiger partial charge < -0.3 is 0 Å². The van der Waals surface area contributed by atoms with Gasteiger partial charge in [0.2, 0.25) is 0 Å². The van der Waals surface area contributed by atoms with Gasteiger partial charge in [0.25, 0.3) is 0 Å². The molecule has 0 amide bonds. The zero-order valence-electron chi connectivity index (χ0n) is 11.4. The Kier molecular flexibility index (Phi) is 3.70. The summed E-state index contributed by atoms with van der Waals surface area (Å²) in [6, 6.07) is 13.4. The van der Waals surface area contributed by atoms with Crippen LogP contribution in [0.1, 0.15) is 18.9 Å². The van der Waals surface area contributed by atoms with Gasteiger partial charge in [-0.3, -0.25) is 9.80 Å². The van der Waals surface area contributed by atoms with Gasteiger partial charge in [-0.05, 0) is 33.0 Å². The van der Waals surface area contributed by atoms with E-state index in [0.29, 0.717) is 6.04 Å². The molecule has 1 aromatic rings. The molecule has 2 atom stereocenters. The highest BCUT2D eigenvalue weighted by Gasteiger charge is 2.44. The molecular formula is C15H21N3. The van der Waals surface area contributed by atoms with Crippen LogP contribution in [-0.2, 0) is 6.54 Å². The fourth-order valence-corrected chi connectivity index (χ4v) is 2.71. The smallest absolute Gasteiger partial charge is 0.123 e.